The van der Waals surface area contributed by atoms with Crippen LogP contribution in [0, 0.1) is 0 Å². The number of rotatable bonds is 6. The average molecular weight is 524 g/mol. The zero-order chi connectivity index (χ0) is 26.7. The number of halogens is 3. The Labute approximate surface area is 224 Å². The fraction of sp³-hybridized carbons (Fsp3) is 0.0303. The molecule has 0 aromatic heterocycles. The minimum atomic E-state index is -4.34. The molecule has 5 rings (SSSR count). The molecule has 0 fully saturated rings. The molecule has 0 aliphatic heterocycles. The lowest BCUT2D eigenvalue weighted by Gasteiger charge is -2.11. The lowest BCUT2D eigenvalue weighted by molar-refractivity contribution is -0.137. The Kier molecular flexibility index (Phi) is 7.12. The minimum absolute atomic E-state index is 0.647. The normalized spacial score (nSPS) is 11.3. The van der Waals surface area contributed by atoms with Crippen LogP contribution in [0.15, 0.2) is 133 Å². The van der Waals surface area contributed by atoms with Crippen molar-refractivity contribution in [3.8, 4) is 33.4 Å². The summed E-state index contributed by atoms with van der Waals surface area (Å²) in [5.74, 6) is 0. The van der Waals surface area contributed by atoms with E-state index in [0.717, 1.165) is 66.6 Å². The molecule has 0 saturated carbocycles. The van der Waals surface area contributed by atoms with Crippen molar-refractivity contribution in [3.63, 3.8) is 0 Å². The van der Waals surface area contributed by atoms with Crippen LogP contribution in [0.2, 0.25) is 0 Å². The van der Waals surface area contributed by atoms with E-state index in [2.05, 4.69) is 43.0 Å². The van der Waals surface area contributed by atoms with E-state index in [9.17, 15) is 13.2 Å². The quantitative estimate of drug-likeness (QED) is 0.177. The van der Waals surface area contributed by atoms with E-state index in [0.29, 0.717) is 0 Å². The maximum absolute atomic E-state index is 12.9. The topological polar surface area (TPSA) is 26.0 Å². The fourth-order valence-electron chi connectivity index (χ4n) is 4.20. The molecule has 0 saturated heterocycles. The first-order chi connectivity index (χ1) is 18.3. The Morgan fingerprint density at radius 2 is 1.05 bits per heavy atom. The molecule has 0 atom stereocenters. The van der Waals surface area contributed by atoms with Crippen LogP contribution < -0.4 is 5.73 Å². The van der Waals surface area contributed by atoms with Crippen molar-refractivity contribution in [1.82, 2.24) is 0 Å². The van der Waals surface area contributed by atoms with Gasteiger partial charge in [-0.15, -0.1) is 0 Å². The number of nitrogen functional groups attached to an aromatic ring is 1. The highest BCUT2D eigenvalue weighted by molar-refractivity contribution is 8.08. The molecule has 0 radical (unpaired) electrons. The third-order valence-corrected chi connectivity index (χ3v) is 7.39. The highest BCUT2D eigenvalue weighted by atomic mass is 32.2. The molecule has 0 aliphatic carbocycles. The maximum atomic E-state index is 12.9. The summed E-state index contributed by atoms with van der Waals surface area (Å²) in [5, 5.41) is 0. The SMILES string of the molecule is C=C(Sc1ccccc1N)c1ccc(-c2cccc(-c3ccc(-c4ccc(C(F)(F)F)cc4)cc3)c2)cc1. The average Bonchev–Trinajstić information content (AvgIpc) is 2.94. The van der Waals surface area contributed by atoms with Gasteiger partial charge in [0.25, 0.3) is 0 Å². The van der Waals surface area contributed by atoms with Gasteiger partial charge < -0.3 is 5.73 Å². The molecule has 1 nitrogen and oxygen atoms in total. The van der Waals surface area contributed by atoms with Gasteiger partial charge >= 0.3 is 6.18 Å². The highest BCUT2D eigenvalue weighted by Crippen LogP contribution is 2.37. The monoisotopic (exact) mass is 523 g/mol. The Bertz CT molecular complexity index is 1570. The molecule has 38 heavy (non-hydrogen) atoms. The fourth-order valence-corrected chi connectivity index (χ4v) is 5.05. The summed E-state index contributed by atoms with van der Waals surface area (Å²) in [6.07, 6.45) is -4.34. The molecule has 0 amide bonds. The van der Waals surface area contributed by atoms with Crippen molar-refractivity contribution in [2.24, 2.45) is 0 Å². The Morgan fingerprint density at radius 3 is 1.58 bits per heavy atom. The predicted octanol–water partition coefficient (Wildman–Crippen LogP) is 10.1. The zero-order valence-corrected chi connectivity index (χ0v) is 21.2. The van der Waals surface area contributed by atoms with Crippen LogP contribution in [-0.2, 0) is 6.18 Å². The zero-order valence-electron chi connectivity index (χ0n) is 20.4. The lowest BCUT2D eigenvalue weighted by Crippen LogP contribution is -2.03. The molecule has 5 heteroatoms. The van der Waals surface area contributed by atoms with E-state index in [1.165, 1.54) is 12.1 Å². The van der Waals surface area contributed by atoms with Crippen molar-refractivity contribution in [1.29, 1.82) is 0 Å². The van der Waals surface area contributed by atoms with Gasteiger partial charge in [0.2, 0.25) is 0 Å². The van der Waals surface area contributed by atoms with Crippen molar-refractivity contribution in [3.05, 3.63) is 139 Å². The summed E-state index contributed by atoms with van der Waals surface area (Å²) in [6, 6.07) is 37.4. The Hall–Kier alpha value is -4.22. The predicted molar refractivity (Wildman–Crippen MR) is 153 cm³/mol. The maximum Gasteiger partial charge on any atom is 0.416 e. The number of para-hydroxylation sites is 1. The molecular weight excluding hydrogens is 499 g/mol. The Morgan fingerprint density at radius 1 is 0.579 bits per heavy atom. The number of nitrogens with two attached hydrogens (primary N) is 1. The summed E-state index contributed by atoms with van der Waals surface area (Å²) in [6.45, 7) is 4.22. The van der Waals surface area contributed by atoms with Crippen molar-refractivity contribution < 1.29 is 13.2 Å². The van der Waals surface area contributed by atoms with Gasteiger partial charge in [-0.05, 0) is 69.3 Å². The van der Waals surface area contributed by atoms with Crippen LogP contribution in [0.3, 0.4) is 0 Å². The molecule has 5 aromatic rings. The van der Waals surface area contributed by atoms with E-state index in [1.54, 1.807) is 11.8 Å². The second kappa shape index (κ2) is 10.6. The summed E-state index contributed by atoms with van der Waals surface area (Å²) in [4.78, 5) is 1.91. The summed E-state index contributed by atoms with van der Waals surface area (Å²) < 4.78 is 38.6. The van der Waals surface area contributed by atoms with E-state index in [1.807, 2.05) is 60.7 Å². The molecule has 0 bridgehead atoms. The summed E-state index contributed by atoms with van der Waals surface area (Å²) >= 11 is 1.56. The van der Waals surface area contributed by atoms with Gasteiger partial charge in [-0.2, -0.15) is 13.2 Å². The number of thioether (sulfide) groups is 1. The summed E-state index contributed by atoms with van der Waals surface area (Å²) in [5.41, 5.74) is 13.1. The molecule has 2 N–H and O–H groups in total. The number of benzene rings is 5. The second-order valence-corrected chi connectivity index (χ2v) is 10.0. The largest absolute Gasteiger partial charge is 0.416 e. The highest BCUT2D eigenvalue weighted by Gasteiger charge is 2.29. The third kappa shape index (κ3) is 5.68. The van der Waals surface area contributed by atoms with Crippen molar-refractivity contribution in [2.75, 3.05) is 5.73 Å². The van der Waals surface area contributed by atoms with Crippen LogP contribution in [0.4, 0.5) is 18.9 Å². The minimum Gasteiger partial charge on any atom is -0.398 e. The lowest BCUT2D eigenvalue weighted by atomic mass is 9.96. The molecular formula is C33H24F3NS. The molecule has 0 unspecified atom stereocenters. The van der Waals surface area contributed by atoms with E-state index < -0.39 is 11.7 Å². The van der Waals surface area contributed by atoms with Crippen LogP contribution in [0.25, 0.3) is 38.3 Å². The van der Waals surface area contributed by atoms with Crippen LogP contribution >= 0.6 is 11.8 Å². The third-order valence-electron chi connectivity index (χ3n) is 6.32. The molecule has 5 aromatic carbocycles. The smallest absolute Gasteiger partial charge is 0.398 e. The van der Waals surface area contributed by atoms with Crippen LogP contribution in [0.1, 0.15) is 11.1 Å². The molecule has 0 heterocycles. The first-order valence-electron chi connectivity index (χ1n) is 12.0. The van der Waals surface area contributed by atoms with Crippen LogP contribution in [0.5, 0.6) is 0 Å². The van der Waals surface area contributed by atoms with Crippen LogP contribution in [-0.4, -0.2) is 0 Å². The van der Waals surface area contributed by atoms with Gasteiger partial charge in [0.1, 0.15) is 0 Å². The van der Waals surface area contributed by atoms with E-state index >= 15 is 0 Å². The van der Waals surface area contributed by atoms with Gasteiger partial charge in [0.05, 0.1) is 5.56 Å². The number of anilines is 1. The first-order valence-corrected chi connectivity index (χ1v) is 12.8. The van der Waals surface area contributed by atoms with E-state index in [-0.39, 0.29) is 0 Å². The van der Waals surface area contributed by atoms with Gasteiger partial charge in [0.15, 0.2) is 0 Å². The van der Waals surface area contributed by atoms with Gasteiger partial charge in [0, 0.05) is 15.5 Å². The van der Waals surface area contributed by atoms with Gasteiger partial charge in [-0.3, -0.25) is 0 Å². The number of alkyl halides is 3. The van der Waals surface area contributed by atoms with Gasteiger partial charge in [-0.1, -0.05) is 109 Å². The first kappa shape index (κ1) is 25.4. The number of hydrogen-bond acceptors (Lipinski definition) is 2. The second-order valence-electron chi connectivity index (χ2n) is 8.87. The Balaban J connectivity index is 1.32. The summed E-state index contributed by atoms with van der Waals surface area (Å²) in [7, 11) is 0. The molecule has 188 valence electrons. The van der Waals surface area contributed by atoms with Crippen molar-refractivity contribution in [2.45, 2.75) is 11.1 Å². The standard InChI is InChI=1S/C33H24F3NS/c1-22(38-32-8-3-2-7-31(32)37)23-9-11-26(12-10-23)28-5-4-6-29(21-28)27-15-13-24(14-16-27)25-17-19-30(20-18-25)33(34,35)36/h2-21H,1,37H2. The van der Waals surface area contributed by atoms with Gasteiger partial charge in [-0.25, -0.2) is 0 Å². The molecule has 0 aliphatic rings. The van der Waals surface area contributed by atoms with Crippen molar-refractivity contribution >= 4 is 22.4 Å². The molecule has 0 spiro atoms. The number of hydrogen-bond donors (Lipinski definition) is 1. The van der Waals surface area contributed by atoms with E-state index in [4.69, 9.17) is 5.73 Å².